The Hall–Kier alpha value is -1.94. The van der Waals surface area contributed by atoms with Gasteiger partial charge < -0.3 is 33.8 Å². The molecule has 0 fully saturated rings. The minimum Gasteiger partial charge on any atom is -0.462 e. The van der Waals surface area contributed by atoms with Crippen molar-refractivity contribution in [3.63, 3.8) is 0 Å². The van der Waals surface area contributed by atoms with Crippen LogP contribution in [-0.4, -0.2) is 96.7 Å². The maximum absolute atomic E-state index is 13.2. The molecule has 0 aromatic heterocycles. The molecule has 0 spiro atoms. The number of unbranched alkanes of at least 4 members (excludes halogenated alkanes) is 60. The second-order valence-electron chi connectivity index (χ2n) is 32.2. The third-order valence-electron chi connectivity index (χ3n) is 21.4. The van der Waals surface area contributed by atoms with Gasteiger partial charge in [-0.2, -0.15) is 0 Å². The zero-order valence-electron chi connectivity index (χ0n) is 71.0. The number of esters is 4. The molecule has 0 aliphatic carbocycles. The van der Waals surface area contributed by atoms with Crippen molar-refractivity contribution in [1.82, 2.24) is 0 Å². The Balaban J connectivity index is 5.24. The topological polar surface area (TPSA) is 237 Å². The number of phosphoric acid groups is 2. The first kappa shape index (κ1) is 106. The van der Waals surface area contributed by atoms with E-state index in [1.807, 2.05) is 0 Å². The molecule has 0 rings (SSSR count). The highest BCUT2D eigenvalue weighted by atomic mass is 31.2. The predicted molar refractivity (Wildman–Crippen MR) is 446 cm³/mol. The van der Waals surface area contributed by atoms with E-state index >= 15 is 0 Å². The molecule has 17 nitrogen and oxygen atoms in total. The number of carbonyl (C=O) groups is 4. The first-order chi connectivity index (χ1) is 52.6. The molecule has 0 heterocycles. The fraction of sp³-hybridized carbons (Fsp3) is 0.955. The molecule has 0 aliphatic heterocycles. The van der Waals surface area contributed by atoms with Gasteiger partial charge in [-0.15, -0.1) is 0 Å². The molecule has 0 radical (unpaired) electrons. The SMILES string of the molecule is CCCCCCCCCCCCCCCCCCCCCCCCC(=O)O[C@H](COC(=O)CCCCCCCCCCCCCCCCCCCCC)COP(=O)(O)OC[C@@H](O)COP(=O)(O)OC[C@@H](COC(=O)CCCCCCCCCCC(C)CC)OC(=O)CCCCCCCCCCCCCCCCC. The lowest BCUT2D eigenvalue weighted by Crippen LogP contribution is -2.30. The summed E-state index contributed by atoms with van der Waals surface area (Å²) in [7, 11) is -9.93. The van der Waals surface area contributed by atoms with Gasteiger partial charge in [0.25, 0.3) is 0 Å². The largest absolute Gasteiger partial charge is 0.472 e. The van der Waals surface area contributed by atoms with Crippen LogP contribution in [0, 0.1) is 5.92 Å². The van der Waals surface area contributed by atoms with Gasteiger partial charge in [0.1, 0.15) is 19.3 Å². The number of rotatable bonds is 89. The second-order valence-corrected chi connectivity index (χ2v) is 35.1. The predicted octanol–water partition coefficient (Wildman–Crippen LogP) is 27.5. The molecule has 0 amide bonds. The zero-order valence-corrected chi connectivity index (χ0v) is 72.8. The number of carbonyl (C=O) groups excluding carboxylic acids is 4. The standard InChI is InChI=1S/C89H174O17P2/c1-6-10-13-16-19-22-25-28-31-33-35-36-37-39-41-44-47-50-53-60-65-70-75-88(93)105-84(78-99-86(91)72-67-62-57-51-48-45-43-40-38-34-32-29-26-23-20-17-14-11-7-2)80-103-107(95,96)101-76-83(90)77-102-108(97,98)104-81-85(79-100-87(92)73-68-63-58-55-54-56-61-66-71-82(5)9-4)106-89(94)74-69-64-59-52-49-46-42-30-27-24-21-18-15-12-8-3/h82-85,90H,6-81H2,1-5H3,(H,95,96)(H,97,98)/t82?,83-,84-,85-/m1/s1. The van der Waals surface area contributed by atoms with Crippen LogP contribution in [0.3, 0.4) is 0 Å². The van der Waals surface area contributed by atoms with E-state index < -0.39 is 97.5 Å². The molecule has 6 atom stereocenters. The van der Waals surface area contributed by atoms with Crippen LogP contribution in [0.25, 0.3) is 0 Å². The second kappa shape index (κ2) is 81.6. The maximum atomic E-state index is 13.2. The zero-order chi connectivity index (χ0) is 79.0. The van der Waals surface area contributed by atoms with Crippen LogP contribution in [0.1, 0.15) is 484 Å². The number of aliphatic hydroxyl groups excluding tert-OH is 1. The summed E-state index contributed by atoms with van der Waals surface area (Å²) in [5.74, 6) is -1.32. The van der Waals surface area contributed by atoms with Crippen molar-refractivity contribution in [3.05, 3.63) is 0 Å². The minimum atomic E-state index is -4.97. The maximum Gasteiger partial charge on any atom is 0.472 e. The van der Waals surface area contributed by atoms with Crippen LogP contribution in [0.4, 0.5) is 0 Å². The Kier molecular flexibility index (Phi) is 80.2. The van der Waals surface area contributed by atoms with E-state index in [-0.39, 0.29) is 25.7 Å². The number of phosphoric ester groups is 2. The molecule has 0 saturated heterocycles. The van der Waals surface area contributed by atoms with E-state index in [9.17, 15) is 43.2 Å². The average Bonchev–Trinajstić information content (AvgIpc) is 0.898. The van der Waals surface area contributed by atoms with Gasteiger partial charge in [-0.05, 0) is 31.6 Å². The summed E-state index contributed by atoms with van der Waals surface area (Å²) in [5, 5.41) is 10.7. The van der Waals surface area contributed by atoms with Crippen molar-refractivity contribution in [2.75, 3.05) is 39.6 Å². The summed E-state index contributed by atoms with van der Waals surface area (Å²) in [4.78, 5) is 73.3. The third-order valence-corrected chi connectivity index (χ3v) is 23.3. The van der Waals surface area contributed by atoms with E-state index in [1.54, 1.807) is 0 Å². The number of hydrogen-bond acceptors (Lipinski definition) is 15. The van der Waals surface area contributed by atoms with Crippen LogP contribution < -0.4 is 0 Å². The van der Waals surface area contributed by atoms with Gasteiger partial charge in [-0.25, -0.2) is 9.13 Å². The monoisotopic (exact) mass is 1580 g/mol. The average molecular weight is 1580 g/mol. The summed E-state index contributed by atoms with van der Waals surface area (Å²) in [6.45, 7) is 7.39. The van der Waals surface area contributed by atoms with Crippen molar-refractivity contribution in [2.45, 2.75) is 502 Å². The normalized spacial score (nSPS) is 14.0. The van der Waals surface area contributed by atoms with E-state index in [4.69, 9.17) is 37.0 Å². The van der Waals surface area contributed by atoms with Gasteiger partial charge in [0.05, 0.1) is 26.4 Å². The van der Waals surface area contributed by atoms with E-state index in [2.05, 4.69) is 34.6 Å². The Morgan fingerprint density at radius 1 is 0.259 bits per heavy atom. The summed E-state index contributed by atoms with van der Waals surface area (Å²) in [5.41, 5.74) is 0. The molecule has 642 valence electrons. The lowest BCUT2D eigenvalue weighted by atomic mass is 9.99. The van der Waals surface area contributed by atoms with Gasteiger partial charge in [0.2, 0.25) is 0 Å². The molecule has 0 saturated carbocycles. The van der Waals surface area contributed by atoms with E-state index in [0.717, 1.165) is 95.8 Å². The Morgan fingerprint density at radius 3 is 0.657 bits per heavy atom. The molecule has 0 aliphatic rings. The minimum absolute atomic E-state index is 0.108. The molecular weight excluding hydrogens is 1400 g/mol. The quantitative estimate of drug-likeness (QED) is 0.0222. The van der Waals surface area contributed by atoms with Gasteiger partial charge in [-0.3, -0.25) is 37.3 Å². The molecule has 0 aromatic carbocycles. The van der Waals surface area contributed by atoms with Crippen molar-refractivity contribution in [1.29, 1.82) is 0 Å². The smallest absolute Gasteiger partial charge is 0.462 e. The van der Waals surface area contributed by atoms with Gasteiger partial charge >= 0.3 is 39.5 Å². The first-order valence-corrected chi connectivity index (χ1v) is 49.2. The molecule has 19 heteroatoms. The van der Waals surface area contributed by atoms with Crippen molar-refractivity contribution >= 4 is 39.5 Å². The lowest BCUT2D eigenvalue weighted by molar-refractivity contribution is -0.161. The van der Waals surface area contributed by atoms with Gasteiger partial charge in [0, 0.05) is 25.7 Å². The molecule has 0 bridgehead atoms. The molecule has 0 aromatic rings. The Morgan fingerprint density at radius 2 is 0.444 bits per heavy atom. The van der Waals surface area contributed by atoms with Crippen molar-refractivity contribution in [3.8, 4) is 0 Å². The van der Waals surface area contributed by atoms with Gasteiger partial charge in [0.15, 0.2) is 12.2 Å². The fourth-order valence-corrected chi connectivity index (χ4v) is 15.5. The van der Waals surface area contributed by atoms with Crippen LogP contribution in [0.2, 0.25) is 0 Å². The molecule has 3 N–H and O–H groups in total. The Labute approximate surface area is 664 Å². The van der Waals surface area contributed by atoms with Crippen LogP contribution in [0.15, 0.2) is 0 Å². The van der Waals surface area contributed by atoms with Crippen molar-refractivity contribution in [2.24, 2.45) is 5.92 Å². The number of aliphatic hydroxyl groups is 1. The van der Waals surface area contributed by atoms with Crippen molar-refractivity contribution < 1.29 is 80.2 Å². The van der Waals surface area contributed by atoms with Crippen LogP contribution in [-0.2, 0) is 65.4 Å². The highest BCUT2D eigenvalue weighted by molar-refractivity contribution is 7.47. The highest BCUT2D eigenvalue weighted by Crippen LogP contribution is 2.45. The lowest BCUT2D eigenvalue weighted by Gasteiger charge is -2.21. The van der Waals surface area contributed by atoms with E-state index in [0.29, 0.717) is 25.7 Å². The molecular formula is C89H174O17P2. The number of ether oxygens (including phenoxy) is 4. The highest BCUT2D eigenvalue weighted by Gasteiger charge is 2.31. The third kappa shape index (κ3) is 80.7. The fourth-order valence-electron chi connectivity index (χ4n) is 14.0. The van der Waals surface area contributed by atoms with E-state index in [1.165, 1.54) is 308 Å². The number of hydrogen-bond donors (Lipinski definition) is 3. The molecule has 3 unspecified atom stereocenters. The Bertz CT molecular complexity index is 2050. The summed E-state index contributed by atoms with van der Waals surface area (Å²) >= 11 is 0. The van der Waals surface area contributed by atoms with Crippen LogP contribution >= 0.6 is 15.6 Å². The first-order valence-electron chi connectivity index (χ1n) is 46.2. The summed E-state index contributed by atoms with van der Waals surface area (Å²) in [6.07, 6.45) is 76.4. The summed E-state index contributed by atoms with van der Waals surface area (Å²) in [6, 6.07) is 0. The van der Waals surface area contributed by atoms with Gasteiger partial charge in [-0.1, -0.05) is 433 Å². The molecule has 108 heavy (non-hydrogen) atoms. The summed E-state index contributed by atoms with van der Waals surface area (Å²) < 4.78 is 69.0. The van der Waals surface area contributed by atoms with Crippen LogP contribution in [0.5, 0.6) is 0 Å².